The summed E-state index contributed by atoms with van der Waals surface area (Å²) in [6.45, 7) is 11.5. The molecule has 6 nitrogen and oxygen atoms in total. The van der Waals surface area contributed by atoms with Gasteiger partial charge in [0.1, 0.15) is 0 Å². The molecule has 176 valence electrons. The minimum Gasteiger partial charge on any atom is -0.461 e. The van der Waals surface area contributed by atoms with Gasteiger partial charge in [-0.3, -0.25) is 0 Å². The van der Waals surface area contributed by atoms with E-state index in [2.05, 4.69) is 6.58 Å². The number of fused-ring (bicyclic) bond motifs is 1. The Kier molecular flexibility index (Phi) is 8.01. The minimum atomic E-state index is -3.96. The fraction of sp³-hybridized carbons (Fsp3) is 0.292. The van der Waals surface area contributed by atoms with Crippen molar-refractivity contribution in [2.75, 3.05) is 19.0 Å². The molecule has 1 aromatic heterocycles. The van der Waals surface area contributed by atoms with Gasteiger partial charge in [0, 0.05) is 27.6 Å². The van der Waals surface area contributed by atoms with Crippen LogP contribution in [-0.4, -0.2) is 37.3 Å². The van der Waals surface area contributed by atoms with Gasteiger partial charge in [-0.2, -0.15) is 0 Å². The maximum atomic E-state index is 13.3. The van der Waals surface area contributed by atoms with Gasteiger partial charge in [-0.1, -0.05) is 34.9 Å². The van der Waals surface area contributed by atoms with Crippen molar-refractivity contribution in [3.8, 4) is 0 Å². The van der Waals surface area contributed by atoms with Gasteiger partial charge in [0.25, 0.3) is 0 Å². The predicted octanol–water partition coefficient (Wildman–Crippen LogP) is 4.84. The van der Waals surface area contributed by atoms with Gasteiger partial charge < -0.3 is 9.26 Å². The number of hydrogen-bond donors (Lipinski definition) is 0. The number of carbonyl (C=O) groups excluding carboxylic acids is 1. The Morgan fingerprint density at radius 2 is 1.79 bits per heavy atom. The van der Waals surface area contributed by atoms with Gasteiger partial charge in [0.05, 0.1) is 26.0 Å². The van der Waals surface area contributed by atoms with Crippen LogP contribution in [0.15, 0.2) is 49.1 Å². The van der Waals surface area contributed by atoms with Crippen molar-refractivity contribution in [2.45, 2.75) is 27.7 Å². The average Bonchev–Trinajstić information content (AvgIpc) is 3.06. The van der Waals surface area contributed by atoms with Gasteiger partial charge in [-0.05, 0) is 58.0 Å². The second-order valence-corrected chi connectivity index (χ2v) is 11.6. The molecule has 1 unspecified atom stereocenters. The smallest absolute Gasteiger partial charge is 0.356 e. The normalized spacial score (nSPS) is 12.6. The van der Waals surface area contributed by atoms with Crippen molar-refractivity contribution in [3.05, 3.63) is 70.9 Å². The number of ether oxygens (including phenoxy) is 1. The van der Waals surface area contributed by atoms with E-state index < -0.39 is 24.1 Å². The largest absolute Gasteiger partial charge is 0.461 e. The summed E-state index contributed by atoms with van der Waals surface area (Å²) in [7, 11) is -5.53. The number of halogens is 1. The van der Waals surface area contributed by atoms with Gasteiger partial charge in [-0.25, -0.2) is 17.2 Å². The average molecular weight is 508 g/mol. The van der Waals surface area contributed by atoms with Crippen LogP contribution in [0.1, 0.15) is 35.5 Å². The summed E-state index contributed by atoms with van der Waals surface area (Å²) in [5.74, 6) is -1.08. The van der Waals surface area contributed by atoms with Crippen molar-refractivity contribution >= 4 is 57.3 Å². The lowest BCUT2D eigenvalue weighted by Crippen LogP contribution is -2.27. The number of aromatic nitrogens is 1. The van der Waals surface area contributed by atoms with Crippen LogP contribution in [0.3, 0.4) is 0 Å². The van der Waals surface area contributed by atoms with E-state index in [0.717, 1.165) is 20.4 Å². The van der Waals surface area contributed by atoms with Crippen LogP contribution >= 0.6 is 19.7 Å². The zero-order valence-corrected chi connectivity index (χ0v) is 21.6. The number of hydrogen-bond acceptors (Lipinski definition) is 5. The van der Waals surface area contributed by atoms with E-state index in [1.165, 1.54) is 6.08 Å². The first-order valence-electron chi connectivity index (χ1n) is 10.5. The SMILES string of the molecule is C=CCS(=O)(=O)n1c(C(=O)OCC)c(P(OCC)c2cc(C)cc(C)c2)c2cc(Cl)ccc21. The van der Waals surface area contributed by atoms with E-state index in [4.69, 9.17) is 20.9 Å². The fourth-order valence-corrected chi connectivity index (χ4v) is 7.59. The molecule has 1 heterocycles. The standard InChI is InChI=1S/C24H27ClNO5PS/c1-6-11-33(28,29)26-21-10-9-18(25)15-20(21)23(22(26)24(27)30-7-2)32(31-8-3)19-13-16(4)12-17(5)14-19/h6,9-10,12-15H,1,7-8,11H2,2-5H3. The quantitative estimate of drug-likeness (QED) is 0.235. The molecule has 33 heavy (non-hydrogen) atoms. The molecule has 0 bridgehead atoms. The van der Waals surface area contributed by atoms with E-state index in [1.54, 1.807) is 25.1 Å². The van der Waals surface area contributed by atoms with Crippen molar-refractivity contribution in [2.24, 2.45) is 0 Å². The molecule has 9 heteroatoms. The van der Waals surface area contributed by atoms with Gasteiger partial charge in [0.15, 0.2) is 5.69 Å². The Hall–Kier alpha value is -2.18. The Morgan fingerprint density at radius 3 is 2.36 bits per heavy atom. The second-order valence-electron chi connectivity index (χ2n) is 7.47. The van der Waals surface area contributed by atoms with E-state index in [9.17, 15) is 13.2 Å². The van der Waals surface area contributed by atoms with Crippen LogP contribution in [0.5, 0.6) is 0 Å². The summed E-state index contributed by atoms with van der Waals surface area (Å²) in [6, 6.07) is 10.9. The van der Waals surface area contributed by atoms with Crippen LogP contribution < -0.4 is 10.6 Å². The second kappa shape index (κ2) is 10.4. The van der Waals surface area contributed by atoms with Gasteiger partial charge in [0.2, 0.25) is 10.0 Å². The molecule has 0 aliphatic heterocycles. The highest BCUT2D eigenvalue weighted by Gasteiger charge is 2.35. The first-order valence-corrected chi connectivity index (χ1v) is 13.8. The Morgan fingerprint density at radius 1 is 1.12 bits per heavy atom. The van der Waals surface area contributed by atoms with Crippen LogP contribution in [0.4, 0.5) is 0 Å². The molecule has 0 amide bonds. The van der Waals surface area contributed by atoms with E-state index in [-0.39, 0.29) is 18.1 Å². The highest BCUT2D eigenvalue weighted by Crippen LogP contribution is 2.42. The number of nitrogens with zero attached hydrogens (tertiary/aromatic N) is 1. The third kappa shape index (κ3) is 5.17. The zero-order chi connectivity index (χ0) is 24.3. The van der Waals surface area contributed by atoms with Crippen LogP contribution in [0.25, 0.3) is 10.9 Å². The van der Waals surface area contributed by atoms with Crippen LogP contribution in [0, 0.1) is 13.8 Å². The number of benzene rings is 2. The molecule has 0 saturated carbocycles. The molecule has 0 aliphatic rings. The van der Waals surface area contributed by atoms with Crippen molar-refractivity contribution in [1.82, 2.24) is 3.97 Å². The first-order chi connectivity index (χ1) is 15.6. The molecule has 1 atom stereocenters. The third-order valence-electron chi connectivity index (χ3n) is 4.84. The number of rotatable bonds is 9. The lowest BCUT2D eigenvalue weighted by molar-refractivity contribution is 0.0520. The predicted molar refractivity (Wildman–Crippen MR) is 136 cm³/mol. The molecular formula is C24H27ClNO5PS. The highest BCUT2D eigenvalue weighted by molar-refractivity contribution is 7.90. The monoisotopic (exact) mass is 507 g/mol. The van der Waals surface area contributed by atoms with Crippen molar-refractivity contribution in [1.29, 1.82) is 0 Å². The molecule has 0 N–H and O–H groups in total. The summed E-state index contributed by atoms with van der Waals surface area (Å²) >= 11 is 6.32. The van der Waals surface area contributed by atoms with Crippen molar-refractivity contribution in [3.63, 3.8) is 0 Å². The zero-order valence-electron chi connectivity index (χ0n) is 19.1. The van der Waals surface area contributed by atoms with Gasteiger partial charge in [-0.15, -0.1) is 6.58 Å². The van der Waals surface area contributed by atoms with Crippen LogP contribution in [-0.2, 0) is 19.3 Å². The highest BCUT2D eigenvalue weighted by atomic mass is 35.5. The molecule has 2 aromatic carbocycles. The van der Waals surface area contributed by atoms with Crippen molar-refractivity contribution < 1.29 is 22.5 Å². The third-order valence-corrected chi connectivity index (χ3v) is 8.77. The fourth-order valence-electron chi connectivity index (χ4n) is 3.78. The maximum Gasteiger partial charge on any atom is 0.356 e. The van der Waals surface area contributed by atoms with E-state index in [0.29, 0.717) is 27.8 Å². The lowest BCUT2D eigenvalue weighted by Gasteiger charge is -2.20. The summed E-state index contributed by atoms with van der Waals surface area (Å²) in [5, 5.41) is 2.30. The number of aryl methyl sites for hydroxylation is 2. The van der Waals surface area contributed by atoms with Gasteiger partial charge >= 0.3 is 5.97 Å². The van der Waals surface area contributed by atoms with Crippen LogP contribution in [0.2, 0.25) is 5.02 Å². The first kappa shape index (κ1) is 25.4. The number of esters is 1. The molecule has 3 aromatic rings. The number of carbonyl (C=O) groups is 1. The van der Waals surface area contributed by atoms with E-state index >= 15 is 0 Å². The lowest BCUT2D eigenvalue weighted by atomic mass is 10.2. The molecule has 0 spiro atoms. The summed E-state index contributed by atoms with van der Waals surface area (Å²) in [4.78, 5) is 13.3. The summed E-state index contributed by atoms with van der Waals surface area (Å²) < 4.78 is 39.2. The molecule has 3 rings (SSSR count). The summed E-state index contributed by atoms with van der Waals surface area (Å²) in [6.07, 6.45) is 1.29. The Bertz CT molecular complexity index is 1300. The Labute approximate surface area is 201 Å². The Balaban J connectivity index is 2.51. The van der Waals surface area contributed by atoms with E-state index in [1.807, 2.05) is 39.0 Å². The summed E-state index contributed by atoms with van der Waals surface area (Å²) in [5.41, 5.74) is 2.36. The molecule has 0 radical (unpaired) electrons. The molecule has 0 aliphatic carbocycles. The topological polar surface area (TPSA) is 74.6 Å². The molecule has 0 fully saturated rings. The molecule has 0 saturated heterocycles. The minimum absolute atomic E-state index is 0.0605. The molecular weight excluding hydrogens is 481 g/mol. The maximum absolute atomic E-state index is 13.3.